The van der Waals surface area contributed by atoms with Crippen LogP contribution in [-0.2, 0) is 13.0 Å². The second-order valence-corrected chi connectivity index (χ2v) is 7.61. The highest BCUT2D eigenvalue weighted by Crippen LogP contribution is 2.30. The number of carbonyl (C=O) groups is 1. The van der Waals surface area contributed by atoms with Gasteiger partial charge in [-0.25, -0.2) is 24.1 Å². The summed E-state index contributed by atoms with van der Waals surface area (Å²) in [6.07, 6.45) is 7.33. The van der Waals surface area contributed by atoms with Crippen LogP contribution in [0.4, 0.5) is 9.18 Å². The quantitative estimate of drug-likeness (QED) is 0.597. The Bertz CT molecular complexity index is 1070. The van der Waals surface area contributed by atoms with Crippen LogP contribution in [0.25, 0.3) is 0 Å². The molecule has 3 aromatic rings. The minimum Gasteiger partial charge on any atom is -0.474 e. The third-order valence-corrected chi connectivity index (χ3v) is 5.40. The molecule has 1 N–H and O–H groups in total. The standard InChI is InChI=1S/C22H24FN5O4/c1-15-20(31-17-5-9-28(10-6-17)22(29)30)25-13-26-21(15)32-19-3-2-16(12-18(19)23)4-8-27-11-7-24-14-27/h2-3,7,11-14,17H,4-6,8-10H2,1H3,(H,29,30). The lowest BCUT2D eigenvalue weighted by Gasteiger charge is -2.30. The molecule has 1 amide bonds. The number of amides is 1. The summed E-state index contributed by atoms with van der Waals surface area (Å²) in [5.41, 5.74) is 1.40. The fraction of sp³-hybridized carbons (Fsp3) is 0.364. The monoisotopic (exact) mass is 441 g/mol. The molecule has 1 aliphatic heterocycles. The number of benzene rings is 1. The predicted octanol–water partition coefficient (Wildman–Crippen LogP) is 3.68. The highest BCUT2D eigenvalue weighted by atomic mass is 19.1. The molecule has 3 heterocycles. The first-order chi connectivity index (χ1) is 15.5. The van der Waals surface area contributed by atoms with Gasteiger partial charge in [-0.2, -0.15) is 0 Å². The third kappa shape index (κ3) is 5.13. The number of piperidine rings is 1. The van der Waals surface area contributed by atoms with E-state index in [9.17, 15) is 9.18 Å². The number of likely N-dealkylation sites (tertiary alicyclic amines) is 1. The molecule has 9 nitrogen and oxygen atoms in total. The molecule has 1 aliphatic rings. The summed E-state index contributed by atoms with van der Waals surface area (Å²) in [4.78, 5) is 24.7. The second-order valence-electron chi connectivity index (χ2n) is 7.61. The average molecular weight is 441 g/mol. The van der Waals surface area contributed by atoms with Gasteiger partial charge in [0.25, 0.3) is 0 Å². The van der Waals surface area contributed by atoms with Gasteiger partial charge >= 0.3 is 6.09 Å². The lowest BCUT2D eigenvalue weighted by atomic mass is 10.1. The molecule has 1 saturated heterocycles. The van der Waals surface area contributed by atoms with Crippen molar-refractivity contribution in [3.63, 3.8) is 0 Å². The Morgan fingerprint density at radius 2 is 2.03 bits per heavy atom. The Morgan fingerprint density at radius 3 is 2.72 bits per heavy atom. The van der Waals surface area contributed by atoms with Crippen molar-refractivity contribution in [2.24, 2.45) is 0 Å². The second kappa shape index (κ2) is 9.63. The summed E-state index contributed by atoms with van der Waals surface area (Å²) in [6, 6.07) is 4.86. The molecule has 4 rings (SSSR count). The van der Waals surface area contributed by atoms with Crippen molar-refractivity contribution in [3.05, 3.63) is 60.2 Å². The molecule has 168 valence electrons. The van der Waals surface area contributed by atoms with Crippen molar-refractivity contribution < 1.29 is 23.8 Å². The van der Waals surface area contributed by atoms with Crippen LogP contribution in [-0.4, -0.2) is 54.8 Å². The van der Waals surface area contributed by atoms with Gasteiger partial charge in [-0.1, -0.05) is 6.07 Å². The summed E-state index contributed by atoms with van der Waals surface area (Å²) < 4.78 is 28.2. The normalized spacial score (nSPS) is 14.4. The zero-order valence-electron chi connectivity index (χ0n) is 17.6. The first kappa shape index (κ1) is 21.5. The van der Waals surface area contributed by atoms with E-state index in [0.717, 1.165) is 5.56 Å². The number of hydrogen-bond acceptors (Lipinski definition) is 6. The Hall–Kier alpha value is -3.69. The molecule has 1 fully saturated rings. The summed E-state index contributed by atoms with van der Waals surface area (Å²) in [5.74, 6) is 0.151. The molecule has 1 aromatic carbocycles. The van der Waals surface area contributed by atoms with Crippen molar-refractivity contribution in [2.45, 2.75) is 38.8 Å². The van der Waals surface area contributed by atoms with E-state index in [0.29, 0.717) is 50.3 Å². The molecule has 0 bridgehead atoms. The highest BCUT2D eigenvalue weighted by molar-refractivity contribution is 5.65. The van der Waals surface area contributed by atoms with E-state index in [1.54, 1.807) is 25.5 Å². The maximum Gasteiger partial charge on any atom is 0.407 e. The van der Waals surface area contributed by atoms with Gasteiger partial charge in [0.2, 0.25) is 11.8 Å². The summed E-state index contributed by atoms with van der Waals surface area (Å²) in [6.45, 7) is 3.27. The van der Waals surface area contributed by atoms with Gasteiger partial charge in [-0.3, -0.25) is 0 Å². The lowest BCUT2D eigenvalue weighted by Crippen LogP contribution is -2.41. The van der Waals surface area contributed by atoms with Crippen LogP contribution in [0.1, 0.15) is 24.0 Å². The summed E-state index contributed by atoms with van der Waals surface area (Å²) in [5, 5.41) is 9.06. The van der Waals surface area contributed by atoms with Crippen LogP contribution in [0.3, 0.4) is 0 Å². The molecule has 0 aliphatic carbocycles. The summed E-state index contributed by atoms with van der Waals surface area (Å²) in [7, 11) is 0. The molecule has 0 spiro atoms. The van der Waals surface area contributed by atoms with E-state index in [1.807, 2.05) is 16.8 Å². The Balaban J connectivity index is 1.39. The Morgan fingerprint density at radius 1 is 1.25 bits per heavy atom. The number of ether oxygens (including phenoxy) is 2. The van der Waals surface area contributed by atoms with Crippen molar-refractivity contribution in [2.75, 3.05) is 13.1 Å². The molecule has 0 atom stereocenters. The third-order valence-electron chi connectivity index (χ3n) is 5.40. The van der Waals surface area contributed by atoms with Gasteiger partial charge in [0.15, 0.2) is 11.6 Å². The fourth-order valence-electron chi connectivity index (χ4n) is 3.53. The lowest BCUT2D eigenvalue weighted by molar-refractivity contribution is 0.0864. The number of carboxylic acid groups (broad SMARTS) is 1. The molecule has 10 heteroatoms. The van der Waals surface area contributed by atoms with Crippen molar-refractivity contribution in [3.8, 4) is 17.5 Å². The minimum atomic E-state index is -0.924. The van der Waals surface area contributed by atoms with E-state index < -0.39 is 11.9 Å². The molecule has 0 unspecified atom stereocenters. The Kier molecular flexibility index (Phi) is 6.48. The van der Waals surface area contributed by atoms with Crippen LogP contribution in [0.2, 0.25) is 0 Å². The first-order valence-electron chi connectivity index (χ1n) is 10.4. The van der Waals surface area contributed by atoms with Gasteiger partial charge in [0, 0.05) is 44.9 Å². The van der Waals surface area contributed by atoms with E-state index in [4.69, 9.17) is 14.6 Å². The zero-order valence-corrected chi connectivity index (χ0v) is 17.6. The van der Waals surface area contributed by atoms with Gasteiger partial charge in [-0.05, 0) is 31.0 Å². The van der Waals surface area contributed by atoms with Crippen LogP contribution in [0.5, 0.6) is 17.5 Å². The molecule has 0 radical (unpaired) electrons. The first-order valence-corrected chi connectivity index (χ1v) is 10.4. The van der Waals surface area contributed by atoms with E-state index >= 15 is 0 Å². The van der Waals surface area contributed by atoms with E-state index in [1.165, 1.54) is 17.3 Å². The molecule has 32 heavy (non-hydrogen) atoms. The largest absolute Gasteiger partial charge is 0.474 e. The summed E-state index contributed by atoms with van der Waals surface area (Å²) >= 11 is 0. The maximum absolute atomic E-state index is 14.6. The Labute approximate surface area is 184 Å². The van der Waals surface area contributed by atoms with Gasteiger partial charge in [-0.15, -0.1) is 0 Å². The highest BCUT2D eigenvalue weighted by Gasteiger charge is 2.25. The molecular formula is C22H24FN5O4. The zero-order chi connectivity index (χ0) is 22.5. The number of aromatic nitrogens is 4. The van der Waals surface area contributed by atoms with Crippen LogP contribution in [0.15, 0.2) is 43.2 Å². The fourth-order valence-corrected chi connectivity index (χ4v) is 3.53. The molecule has 0 saturated carbocycles. The van der Waals surface area contributed by atoms with Crippen molar-refractivity contribution >= 4 is 6.09 Å². The predicted molar refractivity (Wildman–Crippen MR) is 112 cm³/mol. The van der Waals surface area contributed by atoms with Crippen molar-refractivity contribution in [1.82, 2.24) is 24.4 Å². The van der Waals surface area contributed by atoms with Gasteiger partial charge < -0.3 is 24.0 Å². The van der Waals surface area contributed by atoms with E-state index in [-0.39, 0.29) is 17.7 Å². The van der Waals surface area contributed by atoms with Gasteiger partial charge in [0.1, 0.15) is 12.4 Å². The average Bonchev–Trinajstić information content (AvgIpc) is 3.31. The van der Waals surface area contributed by atoms with Gasteiger partial charge in [0.05, 0.1) is 11.9 Å². The number of imidazole rings is 1. The van der Waals surface area contributed by atoms with Crippen LogP contribution < -0.4 is 9.47 Å². The number of aryl methyl sites for hydroxylation is 2. The van der Waals surface area contributed by atoms with Crippen LogP contribution >= 0.6 is 0 Å². The number of hydrogen-bond donors (Lipinski definition) is 1. The molecule has 2 aromatic heterocycles. The SMILES string of the molecule is Cc1c(Oc2ccc(CCn3ccnc3)cc2F)ncnc1OC1CCN(C(=O)O)CC1. The minimum absolute atomic E-state index is 0.0684. The van der Waals surface area contributed by atoms with Crippen LogP contribution in [0, 0.1) is 12.7 Å². The number of nitrogens with zero attached hydrogens (tertiary/aromatic N) is 5. The van der Waals surface area contributed by atoms with E-state index in [2.05, 4.69) is 15.0 Å². The number of rotatable bonds is 7. The molecular weight excluding hydrogens is 417 g/mol. The topological polar surface area (TPSA) is 103 Å². The number of halogens is 1. The smallest absolute Gasteiger partial charge is 0.407 e. The van der Waals surface area contributed by atoms with Crippen molar-refractivity contribution in [1.29, 1.82) is 0 Å². The maximum atomic E-state index is 14.6.